The van der Waals surface area contributed by atoms with Gasteiger partial charge in [0.2, 0.25) is 5.91 Å². The Morgan fingerprint density at radius 1 is 1.42 bits per heavy atom. The molecule has 0 radical (unpaired) electrons. The summed E-state index contributed by atoms with van der Waals surface area (Å²) in [5.74, 6) is -1.00. The molecule has 1 aliphatic rings. The highest BCUT2D eigenvalue weighted by molar-refractivity contribution is 8.02. The third-order valence-electron chi connectivity index (χ3n) is 3.20. The highest BCUT2D eigenvalue weighted by Gasteiger charge is 2.35. The number of aryl methyl sites for hydroxylation is 1. The average molecular weight is 279 g/mol. The number of aliphatic carboxylic acids is 1. The normalized spacial score (nSPS) is 19.3. The molecule has 1 atom stereocenters. The van der Waals surface area contributed by atoms with Gasteiger partial charge in [-0.3, -0.25) is 9.59 Å². The Morgan fingerprint density at radius 2 is 2.11 bits per heavy atom. The lowest BCUT2D eigenvalue weighted by Gasteiger charge is -2.23. The topological polar surface area (TPSA) is 66.4 Å². The van der Waals surface area contributed by atoms with E-state index in [-0.39, 0.29) is 11.2 Å². The van der Waals surface area contributed by atoms with Gasteiger partial charge in [0, 0.05) is 5.69 Å². The Bertz CT molecular complexity index is 513. The first-order valence-corrected chi connectivity index (χ1v) is 7.08. The summed E-state index contributed by atoms with van der Waals surface area (Å²) in [6.07, 6.45) is 1.44. The number of carbonyl (C=O) groups is 2. The van der Waals surface area contributed by atoms with Crippen molar-refractivity contribution in [2.24, 2.45) is 0 Å². The van der Waals surface area contributed by atoms with Gasteiger partial charge in [0.25, 0.3) is 0 Å². The van der Waals surface area contributed by atoms with Crippen molar-refractivity contribution < 1.29 is 14.7 Å². The first-order chi connectivity index (χ1) is 8.90. The number of carboxylic acids is 1. The fraction of sp³-hybridized carbons (Fsp3) is 0.429. The zero-order valence-corrected chi connectivity index (χ0v) is 11.8. The number of nitrogens with one attached hydrogen (secondary N) is 1. The Labute approximate surface area is 116 Å². The lowest BCUT2D eigenvalue weighted by atomic mass is 10.1. The summed E-state index contributed by atoms with van der Waals surface area (Å²) in [6.45, 7) is 3.26. The van der Waals surface area contributed by atoms with Crippen LogP contribution in [0.5, 0.6) is 0 Å². The number of benzene rings is 1. The molecule has 0 bridgehead atoms. The largest absolute Gasteiger partial charge is 0.480 e. The molecule has 1 aromatic rings. The van der Waals surface area contributed by atoms with Gasteiger partial charge in [-0.15, -0.1) is 11.8 Å². The fourth-order valence-electron chi connectivity index (χ4n) is 2.01. The van der Waals surface area contributed by atoms with Crippen LogP contribution in [0.3, 0.4) is 0 Å². The summed E-state index contributed by atoms with van der Waals surface area (Å²) in [7, 11) is 0. The molecule has 1 amide bonds. The summed E-state index contributed by atoms with van der Waals surface area (Å²) in [6, 6.07) is 7.70. The molecule has 4 nitrogen and oxygen atoms in total. The molecule has 0 saturated carbocycles. The highest BCUT2D eigenvalue weighted by atomic mass is 32.2. The Hall–Kier alpha value is -1.49. The molecule has 102 valence electrons. The van der Waals surface area contributed by atoms with E-state index in [1.54, 1.807) is 13.8 Å². The zero-order valence-electron chi connectivity index (χ0n) is 11.0. The maximum atomic E-state index is 12.2. The maximum absolute atomic E-state index is 12.2. The van der Waals surface area contributed by atoms with Gasteiger partial charge in [-0.25, -0.2) is 0 Å². The van der Waals surface area contributed by atoms with Crippen LogP contribution in [0.1, 0.15) is 25.8 Å². The monoisotopic (exact) mass is 279 g/mol. The van der Waals surface area contributed by atoms with Crippen molar-refractivity contribution in [1.82, 2.24) is 0 Å². The molecule has 1 aromatic carbocycles. The number of para-hydroxylation sites is 1. The minimum atomic E-state index is -0.960. The smallest absolute Gasteiger partial charge is 0.319 e. The van der Waals surface area contributed by atoms with Gasteiger partial charge in [0.1, 0.15) is 4.75 Å². The van der Waals surface area contributed by atoms with E-state index in [0.717, 1.165) is 17.7 Å². The molecular weight excluding hydrogens is 262 g/mol. The molecule has 1 heterocycles. The quantitative estimate of drug-likeness (QED) is 0.892. The van der Waals surface area contributed by atoms with Crippen LogP contribution >= 0.6 is 11.8 Å². The number of hydrogen-bond donors (Lipinski definition) is 2. The molecule has 0 aromatic heterocycles. The van der Waals surface area contributed by atoms with E-state index in [2.05, 4.69) is 5.32 Å². The standard InChI is InChI=1S/C14H17NO3S/c1-14(2,13(17)18)19-11-8-7-9-5-3-4-6-10(9)15-12(11)16/h3-6,11H,7-8H2,1-2H3,(H,15,16)(H,17,18). The predicted octanol–water partition coefficient (Wildman–Crippen LogP) is 2.54. The maximum Gasteiger partial charge on any atom is 0.319 e. The summed E-state index contributed by atoms with van der Waals surface area (Å²) < 4.78 is -0.960. The summed E-state index contributed by atoms with van der Waals surface area (Å²) in [5, 5.41) is 11.7. The summed E-state index contributed by atoms with van der Waals surface area (Å²) >= 11 is 1.21. The molecule has 0 spiro atoms. The summed E-state index contributed by atoms with van der Waals surface area (Å²) in [4.78, 5) is 23.3. The molecule has 2 N–H and O–H groups in total. The van der Waals surface area contributed by atoms with Gasteiger partial charge < -0.3 is 10.4 Å². The van der Waals surface area contributed by atoms with Gasteiger partial charge in [-0.05, 0) is 38.3 Å². The number of carbonyl (C=O) groups excluding carboxylic acids is 1. The second kappa shape index (κ2) is 5.25. The average Bonchev–Trinajstić information content (AvgIpc) is 2.49. The second-order valence-electron chi connectivity index (χ2n) is 5.11. The minimum absolute atomic E-state index is 0.107. The van der Waals surface area contributed by atoms with Gasteiger partial charge in [0.15, 0.2) is 0 Å². The van der Waals surface area contributed by atoms with Crippen molar-refractivity contribution in [2.75, 3.05) is 5.32 Å². The Morgan fingerprint density at radius 3 is 2.79 bits per heavy atom. The molecule has 0 aliphatic carbocycles. The highest BCUT2D eigenvalue weighted by Crippen LogP contribution is 2.34. The van der Waals surface area contributed by atoms with Gasteiger partial charge in [0.05, 0.1) is 5.25 Å². The first kappa shape index (κ1) is 13.9. The lowest BCUT2D eigenvalue weighted by Crippen LogP contribution is -2.34. The van der Waals surface area contributed by atoms with Gasteiger partial charge in [-0.2, -0.15) is 0 Å². The van der Waals surface area contributed by atoms with Crippen LogP contribution in [-0.4, -0.2) is 27.0 Å². The Balaban J connectivity index is 2.15. The molecule has 2 rings (SSSR count). The van der Waals surface area contributed by atoms with Crippen LogP contribution in [0.4, 0.5) is 5.69 Å². The number of carboxylic acid groups (broad SMARTS) is 1. The number of fused-ring (bicyclic) bond motifs is 1. The van der Waals surface area contributed by atoms with Crippen molar-refractivity contribution in [3.63, 3.8) is 0 Å². The van der Waals surface area contributed by atoms with E-state index >= 15 is 0 Å². The van der Waals surface area contributed by atoms with E-state index in [4.69, 9.17) is 5.11 Å². The molecule has 19 heavy (non-hydrogen) atoms. The molecule has 1 aliphatic heterocycles. The second-order valence-corrected chi connectivity index (χ2v) is 6.93. The number of amides is 1. The van der Waals surface area contributed by atoms with E-state index < -0.39 is 10.7 Å². The van der Waals surface area contributed by atoms with Gasteiger partial charge >= 0.3 is 5.97 Å². The molecule has 0 fully saturated rings. The molecule has 0 saturated heterocycles. The van der Waals surface area contributed by atoms with E-state index in [1.165, 1.54) is 11.8 Å². The molecular formula is C14H17NO3S. The first-order valence-electron chi connectivity index (χ1n) is 6.20. The third-order valence-corrected chi connectivity index (χ3v) is 4.69. The summed E-state index contributed by atoms with van der Waals surface area (Å²) in [5.41, 5.74) is 1.94. The number of thioether (sulfide) groups is 1. The van der Waals surface area contributed by atoms with Crippen LogP contribution in [0.15, 0.2) is 24.3 Å². The predicted molar refractivity (Wildman–Crippen MR) is 76.5 cm³/mol. The van der Waals surface area contributed by atoms with E-state index in [1.807, 2.05) is 24.3 Å². The van der Waals surface area contributed by atoms with Crippen LogP contribution in [0.25, 0.3) is 0 Å². The van der Waals surface area contributed by atoms with Crippen LogP contribution in [0, 0.1) is 0 Å². The Kier molecular flexibility index (Phi) is 3.85. The molecule has 5 heteroatoms. The number of anilines is 1. The lowest BCUT2D eigenvalue weighted by molar-refractivity contribution is -0.138. The van der Waals surface area contributed by atoms with Crippen molar-refractivity contribution in [2.45, 2.75) is 36.7 Å². The minimum Gasteiger partial charge on any atom is -0.480 e. The van der Waals surface area contributed by atoms with Crippen molar-refractivity contribution >= 4 is 29.3 Å². The van der Waals surface area contributed by atoms with Crippen LogP contribution in [0.2, 0.25) is 0 Å². The fourth-order valence-corrected chi connectivity index (χ4v) is 3.22. The zero-order chi connectivity index (χ0) is 14.0. The third kappa shape index (κ3) is 3.10. The van der Waals surface area contributed by atoms with Gasteiger partial charge in [-0.1, -0.05) is 18.2 Å². The van der Waals surface area contributed by atoms with Crippen molar-refractivity contribution in [1.29, 1.82) is 0 Å². The van der Waals surface area contributed by atoms with Crippen LogP contribution < -0.4 is 5.32 Å². The van der Waals surface area contributed by atoms with Crippen LogP contribution in [-0.2, 0) is 16.0 Å². The van der Waals surface area contributed by atoms with E-state index in [0.29, 0.717) is 6.42 Å². The van der Waals surface area contributed by atoms with Crippen molar-refractivity contribution in [3.8, 4) is 0 Å². The number of rotatable bonds is 3. The molecule has 1 unspecified atom stereocenters. The van der Waals surface area contributed by atoms with E-state index in [9.17, 15) is 9.59 Å². The van der Waals surface area contributed by atoms with Crippen molar-refractivity contribution in [3.05, 3.63) is 29.8 Å². The SMILES string of the molecule is CC(C)(SC1CCc2ccccc2NC1=O)C(=O)O. The number of hydrogen-bond acceptors (Lipinski definition) is 3.